The van der Waals surface area contributed by atoms with E-state index in [0.717, 1.165) is 11.0 Å². The molecule has 1 atom stereocenters. The topological polar surface area (TPSA) is 91.7 Å². The summed E-state index contributed by atoms with van der Waals surface area (Å²) >= 11 is 1.24. The van der Waals surface area contributed by atoms with E-state index in [9.17, 15) is 18.8 Å². The second-order valence-electron chi connectivity index (χ2n) is 8.05. The molecule has 3 aromatic rings. The van der Waals surface area contributed by atoms with Gasteiger partial charge in [0.25, 0.3) is 11.8 Å². The third-order valence-corrected chi connectivity index (χ3v) is 6.03. The third kappa shape index (κ3) is 6.07. The van der Waals surface area contributed by atoms with E-state index in [1.807, 2.05) is 20.8 Å². The number of benzene rings is 1. The van der Waals surface area contributed by atoms with E-state index >= 15 is 0 Å². The molecular formula is C24H26FN3O4S. The molecular weight excluding hydrogens is 445 g/mol. The van der Waals surface area contributed by atoms with E-state index in [0.29, 0.717) is 11.3 Å². The van der Waals surface area contributed by atoms with Gasteiger partial charge >= 0.3 is 0 Å². The van der Waals surface area contributed by atoms with E-state index in [1.165, 1.54) is 35.8 Å². The van der Waals surface area contributed by atoms with Crippen LogP contribution >= 0.6 is 11.3 Å². The summed E-state index contributed by atoms with van der Waals surface area (Å²) in [6.45, 7) is 5.26. The fourth-order valence-corrected chi connectivity index (χ4v) is 3.75. The van der Waals surface area contributed by atoms with Gasteiger partial charge < -0.3 is 15.1 Å². The zero-order valence-electron chi connectivity index (χ0n) is 18.6. The number of anilines is 1. The summed E-state index contributed by atoms with van der Waals surface area (Å²) < 4.78 is 19.6. The Hall–Kier alpha value is -3.46. The highest BCUT2D eigenvalue weighted by molar-refractivity contribution is 7.12. The van der Waals surface area contributed by atoms with E-state index in [1.54, 1.807) is 29.6 Å². The second-order valence-corrected chi connectivity index (χ2v) is 9.00. The molecule has 2 heterocycles. The molecule has 3 rings (SSSR count). The van der Waals surface area contributed by atoms with E-state index in [-0.39, 0.29) is 11.4 Å². The van der Waals surface area contributed by atoms with Crippen LogP contribution in [0.25, 0.3) is 0 Å². The lowest BCUT2D eigenvalue weighted by Gasteiger charge is -2.33. The molecule has 0 fully saturated rings. The van der Waals surface area contributed by atoms with Crippen molar-refractivity contribution in [3.05, 3.63) is 76.6 Å². The number of thiophene rings is 1. The highest BCUT2D eigenvalue weighted by atomic mass is 32.1. The Morgan fingerprint density at radius 3 is 2.55 bits per heavy atom. The quantitative estimate of drug-likeness (QED) is 0.487. The average Bonchev–Trinajstić information content (AvgIpc) is 3.49. The van der Waals surface area contributed by atoms with Crippen molar-refractivity contribution in [3.8, 4) is 0 Å². The normalized spacial score (nSPS) is 12.1. The van der Waals surface area contributed by atoms with Crippen molar-refractivity contribution in [1.29, 1.82) is 0 Å². The predicted molar refractivity (Wildman–Crippen MR) is 124 cm³/mol. The number of amides is 3. The molecule has 2 aromatic heterocycles. The number of halogens is 1. The Kier molecular flexibility index (Phi) is 7.65. The van der Waals surface area contributed by atoms with Gasteiger partial charge in [0.2, 0.25) is 5.91 Å². The minimum atomic E-state index is -1.21. The van der Waals surface area contributed by atoms with Gasteiger partial charge in [0.1, 0.15) is 11.6 Å². The van der Waals surface area contributed by atoms with Crippen LogP contribution in [0, 0.1) is 5.82 Å². The Labute approximate surface area is 195 Å². The second kappa shape index (κ2) is 10.4. The zero-order valence-corrected chi connectivity index (χ0v) is 19.4. The molecule has 0 bridgehead atoms. The Morgan fingerprint density at radius 1 is 1.15 bits per heavy atom. The van der Waals surface area contributed by atoms with E-state index in [4.69, 9.17) is 4.42 Å². The molecule has 9 heteroatoms. The number of nitrogens with zero attached hydrogens (tertiary/aromatic N) is 1. The SMILES string of the molecule is CCC(C)(C)NC(=O)[C@@H](c1ccco1)N(C(=O)CNC(=O)c1cccs1)c1cccc(F)c1. The number of hydrogen-bond acceptors (Lipinski definition) is 5. The van der Waals surface area contributed by atoms with Gasteiger partial charge in [-0.1, -0.05) is 19.1 Å². The number of carbonyl (C=O) groups excluding carboxylic acids is 3. The fraction of sp³-hybridized carbons (Fsp3) is 0.292. The van der Waals surface area contributed by atoms with Gasteiger partial charge in [-0.05, 0) is 62.0 Å². The van der Waals surface area contributed by atoms with Crippen molar-refractivity contribution in [2.75, 3.05) is 11.4 Å². The van der Waals surface area contributed by atoms with Crippen molar-refractivity contribution in [2.24, 2.45) is 0 Å². The number of carbonyl (C=O) groups is 3. The summed E-state index contributed by atoms with van der Waals surface area (Å²) in [7, 11) is 0. The lowest BCUT2D eigenvalue weighted by atomic mass is 10.0. The maximum absolute atomic E-state index is 14.1. The molecule has 174 valence electrons. The molecule has 7 nitrogen and oxygen atoms in total. The third-order valence-electron chi connectivity index (χ3n) is 5.16. The number of hydrogen-bond donors (Lipinski definition) is 2. The van der Waals surface area contributed by atoms with Crippen LogP contribution in [-0.2, 0) is 9.59 Å². The smallest absolute Gasteiger partial charge is 0.261 e. The summed E-state index contributed by atoms with van der Waals surface area (Å²) in [4.78, 5) is 40.7. The maximum atomic E-state index is 14.1. The Balaban J connectivity index is 1.97. The zero-order chi connectivity index (χ0) is 24.0. The van der Waals surface area contributed by atoms with Crippen LogP contribution in [0.4, 0.5) is 10.1 Å². The predicted octanol–water partition coefficient (Wildman–Crippen LogP) is 4.29. The largest absolute Gasteiger partial charge is 0.467 e. The Bertz CT molecular complexity index is 1100. The summed E-state index contributed by atoms with van der Waals surface area (Å²) in [6.07, 6.45) is 2.04. The Morgan fingerprint density at radius 2 is 1.94 bits per heavy atom. The molecule has 0 spiro atoms. The summed E-state index contributed by atoms with van der Waals surface area (Å²) in [5.41, 5.74) is -0.386. The van der Waals surface area contributed by atoms with Gasteiger partial charge in [0.05, 0.1) is 17.7 Å². The van der Waals surface area contributed by atoms with Crippen molar-refractivity contribution < 1.29 is 23.2 Å². The van der Waals surface area contributed by atoms with Crippen LogP contribution in [0.2, 0.25) is 0 Å². The van der Waals surface area contributed by atoms with Crippen LogP contribution in [0.3, 0.4) is 0 Å². The maximum Gasteiger partial charge on any atom is 0.261 e. The first kappa shape index (κ1) is 24.2. The molecule has 1 aromatic carbocycles. The lowest BCUT2D eigenvalue weighted by molar-refractivity contribution is -0.128. The van der Waals surface area contributed by atoms with Crippen molar-refractivity contribution in [1.82, 2.24) is 10.6 Å². The standard InChI is InChI=1S/C24H26FN3O4S/c1-4-24(2,3)27-23(31)21(18-10-6-12-32-18)28(17-9-5-8-16(25)14-17)20(29)15-26-22(30)19-11-7-13-33-19/h5-14,21H,4,15H2,1-3H3,(H,26,30)(H,27,31)/t21-/m1/s1. The van der Waals surface area contributed by atoms with Gasteiger partial charge in [-0.25, -0.2) is 4.39 Å². The van der Waals surface area contributed by atoms with Gasteiger partial charge in [0.15, 0.2) is 6.04 Å². The highest BCUT2D eigenvalue weighted by Crippen LogP contribution is 2.29. The van der Waals surface area contributed by atoms with Crippen LogP contribution in [0.15, 0.2) is 64.6 Å². The molecule has 0 aliphatic carbocycles. The highest BCUT2D eigenvalue weighted by Gasteiger charge is 2.37. The molecule has 0 aliphatic heterocycles. The molecule has 2 N–H and O–H groups in total. The molecule has 0 unspecified atom stereocenters. The van der Waals surface area contributed by atoms with Crippen molar-refractivity contribution in [2.45, 2.75) is 38.8 Å². The number of nitrogens with one attached hydrogen (secondary N) is 2. The van der Waals surface area contributed by atoms with E-state index in [2.05, 4.69) is 10.6 Å². The monoisotopic (exact) mass is 471 g/mol. The first-order valence-corrected chi connectivity index (χ1v) is 11.3. The van der Waals surface area contributed by atoms with Gasteiger partial charge in [-0.2, -0.15) is 0 Å². The van der Waals surface area contributed by atoms with Gasteiger partial charge in [0, 0.05) is 11.2 Å². The van der Waals surface area contributed by atoms with Crippen LogP contribution in [-0.4, -0.2) is 29.8 Å². The first-order chi connectivity index (χ1) is 15.7. The fourth-order valence-electron chi connectivity index (χ4n) is 3.11. The summed E-state index contributed by atoms with van der Waals surface area (Å²) in [5.74, 6) is -1.86. The first-order valence-electron chi connectivity index (χ1n) is 10.5. The molecule has 33 heavy (non-hydrogen) atoms. The molecule has 0 radical (unpaired) electrons. The number of rotatable bonds is 9. The summed E-state index contributed by atoms with van der Waals surface area (Å²) in [5, 5.41) is 7.25. The van der Waals surface area contributed by atoms with Gasteiger partial charge in [-0.3, -0.25) is 19.3 Å². The van der Waals surface area contributed by atoms with Gasteiger partial charge in [-0.15, -0.1) is 11.3 Å². The van der Waals surface area contributed by atoms with E-state index < -0.39 is 41.7 Å². The van der Waals surface area contributed by atoms with Crippen molar-refractivity contribution in [3.63, 3.8) is 0 Å². The van der Waals surface area contributed by atoms with Crippen LogP contribution < -0.4 is 15.5 Å². The minimum absolute atomic E-state index is 0.163. The lowest BCUT2D eigenvalue weighted by Crippen LogP contribution is -2.52. The van der Waals surface area contributed by atoms with Crippen molar-refractivity contribution >= 4 is 34.7 Å². The summed E-state index contributed by atoms with van der Waals surface area (Å²) in [6, 6.07) is 10.7. The molecule has 0 saturated heterocycles. The molecule has 3 amide bonds. The van der Waals surface area contributed by atoms with Crippen LogP contribution in [0.5, 0.6) is 0 Å². The van der Waals surface area contributed by atoms with Crippen LogP contribution in [0.1, 0.15) is 48.7 Å². The average molecular weight is 472 g/mol. The molecule has 0 saturated carbocycles. The molecule has 0 aliphatic rings. The number of furan rings is 1. The minimum Gasteiger partial charge on any atom is -0.467 e.